The standard InChI is InChI=1S/C21H19FN2O4S/c1-14-7-12-17(29(26,27)24-18-5-3-4-6-20(18)28-2)13-19(14)23-21(25)15-8-10-16(22)11-9-15/h3-13,24H,1-2H3,(H,23,25). The van der Waals surface area contributed by atoms with Crippen LogP contribution in [0.25, 0.3) is 0 Å². The lowest BCUT2D eigenvalue weighted by Gasteiger charge is -2.14. The zero-order valence-electron chi connectivity index (χ0n) is 15.8. The molecule has 0 aliphatic heterocycles. The van der Waals surface area contributed by atoms with Crippen LogP contribution >= 0.6 is 0 Å². The summed E-state index contributed by atoms with van der Waals surface area (Å²) in [5.74, 6) is -0.540. The third kappa shape index (κ3) is 4.72. The Morgan fingerprint density at radius 3 is 2.34 bits per heavy atom. The van der Waals surface area contributed by atoms with Crippen LogP contribution in [0.1, 0.15) is 15.9 Å². The van der Waals surface area contributed by atoms with Gasteiger partial charge in [-0.05, 0) is 61.0 Å². The number of hydrogen-bond donors (Lipinski definition) is 2. The molecule has 0 bridgehead atoms. The Labute approximate surface area is 168 Å². The highest BCUT2D eigenvalue weighted by molar-refractivity contribution is 7.92. The van der Waals surface area contributed by atoms with Crippen molar-refractivity contribution < 1.29 is 22.3 Å². The molecule has 0 spiro atoms. The Kier molecular flexibility index (Phi) is 5.84. The number of halogens is 1. The van der Waals surface area contributed by atoms with Crippen LogP contribution in [0.2, 0.25) is 0 Å². The van der Waals surface area contributed by atoms with Gasteiger partial charge in [0.1, 0.15) is 11.6 Å². The first-order valence-electron chi connectivity index (χ1n) is 8.63. The zero-order valence-corrected chi connectivity index (χ0v) is 16.6. The smallest absolute Gasteiger partial charge is 0.262 e. The van der Waals surface area contributed by atoms with Crippen molar-refractivity contribution in [2.24, 2.45) is 0 Å². The lowest BCUT2D eigenvalue weighted by atomic mass is 10.1. The SMILES string of the molecule is COc1ccccc1NS(=O)(=O)c1ccc(C)c(NC(=O)c2ccc(F)cc2)c1. The second-order valence-corrected chi connectivity index (χ2v) is 7.93. The van der Waals surface area contributed by atoms with Gasteiger partial charge in [0.05, 0.1) is 17.7 Å². The predicted octanol–water partition coefficient (Wildman–Crippen LogP) is 4.20. The Morgan fingerprint density at radius 2 is 1.66 bits per heavy atom. The number of benzene rings is 3. The third-order valence-corrected chi connectivity index (χ3v) is 5.59. The average molecular weight is 414 g/mol. The summed E-state index contributed by atoms with van der Waals surface area (Å²) in [4.78, 5) is 12.4. The molecule has 3 aromatic rings. The van der Waals surface area contributed by atoms with Crippen LogP contribution in [-0.4, -0.2) is 21.4 Å². The van der Waals surface area contributed by atoms with Crippen LogP contribution in [0.4, 0.5) is 15.8 Å². The first kappa shape index (κ1) is 20.3. The van der Waals surface area contributed by atoms with Crippen molar-refractivity contribution in [1.29, 1.82) is 0 Å². The summed E-state index contributed by atoms with van der Waals surface area (Å²) < 4.78 is 46.3. The van der Waals surface area contributed by atoms with Crippen molar-refractivity contribution in [3.05, 3.63) is 83.7 Å². The van der Waals surface area contributed by atoms with Gasteiger partial charge < -0.3 is 10.1 Å². The maximum atomic E-state index is 13.0. The predicted molar refractivity (Wildman–Crippen MR) is 109 cm³/mol. The monoisotopic (exact) mass is 414 g/mol. The molecule has 3 aromatic carbocycles. The van der Waals surface area contributed by atoms with E-state index in [-0.39, 0.29) is 10.5 Å². The van der Waals surface area contributed by atoms with Crippen LogP contribution in [0.15, 0.2) is 71.6 Å². The molecule has 3 rings (SSSR count). The summed E-state index contributed by atoms with van der Waals surface area (Å²) in [6.45, 7) is 1.74. The topological polar surface area (TPSA) is 84.5 Å². The normalized spacial score (nSPS) is 11.0. The quantitative estimate of drug-likeness (QED) is 0.633. The number of aryl methyl sites for hydroxylation is 1. The number of para-hydroxylation sites is 2. The van der Waals surface area contributed by atoms with Crippen LogP contribution in [0.5, 0.6) is 5.75 Å². The molecular formula is C21H19FN2O4S. The number of ether oxygens (including phenoxy) is 1. The van der Waals surface area contributed by atoms with Gasteiger partial charge >= 0.3 is 0 Å². The summed E-state index contributed by atoms with van der Waals surface area (Å²) in [5, 5.41) is 2.67. The van der Waals surface area contributed by atoms with Gasteiger partial charge in [-0.2, -0.15) is 0 Å². The van der Waals surface area contributed by atoms with Crippen LogP contribution in [0, 0.1) is 12.7 Å². The van der Waals surface area contributed by atoms with Crippen molar-refractivity contribution in [1.82, 2.24) is 0 Å². The summed E-state index contributed by atoms with van der Waals surface area (Å²) in [7, 11) is -2.48. The van der Waals surface area contributed by atoms with E-state index in [1.807, 2.05) is 0 Å². The number of carbonyl (C=O) groups excluding carboxylic acids is 1. The Hall–Kier alpha value is -3.39. The molecule has 6 nitrogen and oxygen atoms in total. The number of anilines is 2. The lowest BCUT2D eigenvalue weighted by molar-refractivity contribution is 0.102. The molecule has 0 saturated carbocycles. The van der Waals surface area contributed by atoms with E-state index in [0.29, 0.717) is 22.7 Å². The molecule has 0 saturated heterocycles. The van der Waals surface area contributed by atoms with Gasteiger partial charge in [-0.1, -0.05) is 18.2 Å². The summed E-state index contributed by atoms with van der Waals surface area (Å²) in [6.07, 6.45) is 0. The fourth-order valence-electron chi connectivity index (χ4n) is 2.63. The number of sulfonamides is 1. The van der Waals surface area contributed by atoms with Gasteiger partial charge in [0.15, 0.2) is 0 Å². The summed E-state index contributed by atoms with van der Waals surface area (Å²) in [6, 6.07) is 16.1. The molecule has 150 valence electrons. The Bertz CT molecular complexity index is 1150. The van der Waals surface area contributed by atoms with Crippen molar-refractivity contribution >= 4 is 27.3 Å². The fourth-order valence-corrected chi connectivity index (χ4v) is 3.73. The average Bonchev–Trinajstić information content (AvgIpc) is 2.70. The number of carbonyl (C=O) groups is 1. The van der Waals surface area contributed by atoms with Gasteiger partial charge in [0, 0.05) is 11.3 Å². The highest BCUT2D eigenvalue weighted by atomic mass is 32.2. The molecule has 0 atom stereocenters. The molecule has 0 aromatic heterocycles. The molecule has 0 unspecified atom stereocenters. The van der Waals surface area contributed by atoms with Gasteiger partial charge in [0.25, 0.3) is 15.9 Å². The second kappa shape index (κ2) is 8.32. The van der Waals surface area contributed by atoms with E-state index in [1.165, 1.54) is 43.5 Å². The minimum atomic E-state index is -3.92. The van der Waals surface area contributed by atoms with Crippen molar-refractivity contribution in [2.75, 3.05) is 17.1 Å². The first-order chi connectivity index (χ1) is 13.8. The van der Waals surface area contributed by atoms with Gasteiger partial charge in [-0.15, -0.1) is 0 Å². The van der Waals surface area contributed by atoms with Gasteiger partial charge in [-0.25, -0.2) is 12.8 Å². The molecule has 0 aliphatic rings. The molecule has 0 heterocycles. The van der Waals surface area contributed by atoms with E-state index >= 15 is 0 Å². The minimum absolute atomic E-state index is 0.0246. The van der Waals surface area contributed by atoms with E-state index in [2.05, 4.69) is 10.0 Å². The van der Waals surface area contributed by atoms with Crippen LogP contribution in [0.3, 0.4) is 0 Å². The van der Waals surface area contributed by atoms with E-state index < -0.39 is 21.7 Å². The van der Waals surface area contributed by atoms with Crippen LogP contribution in [-0.2, 0) is 10.0 Å². The fraction of sp³-hybridized carbons (Fsp3) is 0.0952. The molecule has 0 aliphatic carbocycles. The third-order valence-electron chi connectivity index (χ3n) is 4.23. The largest absolute Gasteiger partial charge is 0.495 e. The van der Waals surface area contributed by atoms with E-state index in [0.717, 1.165) is 0 Å². The van der Waals surface area contributed by atoms with Crippen molar-refractivity contribution in [3.63, 3.8) is 0 Å². The van der Waals surface area contributed by atoms with E-state index in [1.54, 1.807) is 37.3 Å². The van der Waals surface area contributed by atoms with E-state index in [9.17, 15) is 17.6 Å². The zero-order chi connectivity index (χ0) is 21.0. The number of nitrogens with one attached hydrogen (secondary N) is 2. The number of rotatable bonds is 6. The maximum Gasteiger partial charge on any atom is 0.262 e. The highest BCUT2D eigenvalue weighted by Gasteiger charge is 2.18. The summed E-state index contributed by atoms with van der Waals surface area (Å²) >= 11 is 0. The molecule has 0 fully saturated rings. The van der Waals surface area contributed by atoms with Crippen molar-refractivity contribution in [3.8, 4) is 5.75 Å². The molecule has 2 N–H and O–H groups in total. The molecule has 0 radical (unpaired) electrons. The lowest BCUT2D eigenvalue weighted by Crippen LogP contribution is -2.16. The number of methoxy groups -OCH3 is 1. The Morgan fingerprint density at radius 1 is 0.966 bits per heavy atom. The van der Waals surface area contributed by atoms with Gasteiger partial charge in [0.2, 0.25) is 0 Å². The first-order valence-corrected chi connectivity index (χ1v) is 10.1. The minimum Gasteiger partial charge on any atom is -0.495 e. The molecule has 1 amide bonds. The molecule has 29 heavy (non-hydrogen) atoms. The maximum absolute atomic E-state index is 13.0. The highest BCUT2D eigenvalue weighted by Crippen LogP contribution is 2.28. The molecular weight excluding hydrogens is 395 g/mol. The van der Waals surface area contributed by atoms with Crippen molar-refractivity contribution in [2.45, 2.75) is 11.8 Å². The van der Waals surface area contributed by atoms with Gasteiger partial charge in [-0.3, -0.25) is 9.52 Å². The second-order valence-electron chi connectivity index (χ2n) is 6.24. The number of amides is 1. The van der Waals surface area contributed by atoms with E-state index in [4.69, 9.17) is 4.74 Å². The molecule has 8 heteroatoms. The number of hydrogen-bond acceptors (Lipinski definition) is 4. The Balaban J connectivity index is 1.87. The van der Waals surface area contributed by atoms with Crippen LogP contribution < -0.4 is 14.8 Å². The summed E-state index contributed by atoms with van der Waals surface area (Å²) in [5.41, 5.74) is 1.57.